The Labute approximate surface area is 264 Å². The van der Waals surface area contributed by atoms with Crippen molar-refractivity contribution >= 4 is 17.8 Å². The van der Waals surface area contributed by atoms with Crippen LogP contribution in [0.5, 0.6) is 0 Å². The van der Waals surface area contributed by atoms with Gasteiger partial charge in [-0.05, 0) is 37.2 Å². The molecule has 2 aromatic rings. The molecular weight excluding hydrogens is 582 g/mol. The summed E-state index contributed by atoms with van der Waals surface area (Å²) in [5.74, 6) is -3.32. The van der Waals surface area contributed by atoms with E-state index in [4.69, 9.17) is 10.5 Å². The van der Waals surface area contributed by atoms with E-state index < -0.39 is 66.7 Å². The van der Waals surface area contributed by atoms with Crippen molar-refractivity contribution in [3.63, 3.8) is 0 Å². The van der Waals surface area contributed by atoms with E-state index in [9.17, 15) is 34.8 Å². The Morgan fingerprint density at radius 1 is 1.02 bits per heavy atom. The van der Waals surface area contributed by atoms with Gasteiger partial charge >= 0.3 is 5.97 Å². The summed E-state index contributed by atoms with van der Waals surface area (Å²) in [6, 6.07) is 5.59. The quantitative estimate of drug-likeness (QED) is 0.0819. The number of ether oxygens (including phenoxy) is 1. The average molecular weight is 632 g/mol. The molecule has 1 saturated carbocycles. The first-order valence-electron chi connectivity index (χ1n) is 15.8. The van der Waals surface area contributed by atoms with Crippen molar-refractivity contribution in [1.29, 1.82) is 0 Å². The highest BCUT2D eigenvalue weighted by molar-refractivity contribution is 5.90. The molecule has 0 aliphatic heterocycles. The summed E-state index contributed by atoms with van der Waals surface area (Å²) >= 11 is 0. The Bertz CT molecular complexity index is 1160. The zero-order chi connectivity index (χ0) is 32.8. The summed E-state index contributed by atoms with van der Waals surface area (Å²) in [6.45, 7) is 1.24. The van der Waals surface area contributed by atoms with Gasteiger partial charge in [-0.25, -0.2) is 4.98 Å². The lowest BCUT2D eigenvalue weighted by Gasteiger charge is -2.39. The van der Waals surface area contributed by atoms with Crippen LogP contribution in [0, 0.1) is 11.8 Å². The minimum absolute atomic E-state index is 0.0185. The topological polar surface area (TPSA) is 220 Å². The van der Waals surface area contributed by atoms with Crippen LogP contribution in [0.15, 0.2) is 42.9 Å². The van der Waals surface area contributed by atoms with Crippen LogP contribution in [0.2, 0.25) is 0 Å². The van der Waals surface area contributed by atoms with Crippen LogP contribution in [0.1, 0.15) is 63.1 Å². The van der Waals surface area contributed by atoms with Gasteiger partial charge in [-0.3, -0.25) is 14.4 Å². The number of imidazole rings is 1. The summed E-state index contributed by atoms with van der Waals surface area (Å²) < 4.78 is 5.58. The van der Waals surface area contributed by atoms with Crippen LogP contribution in [0.25, 0.3) is 0 Å². The molecule has 250 valence electrons. The number of aliphatic hydroxyl groups is 4. The summed E-state index contributed by atoms with van der Waals surface area (Å²) in [5, 5.41) is 47.2. The van der Waals surface area contributed by atoms with Gasteiger partial charge < -0.3 is 46.5 Å². The molecule has 13 nitrogen and oxygen atoms in total. The number of rotatable bonds is 18. The third-order valence-corrected chi connectivity index (χ3v) is 8.41. The third kappa shape index (κ3) is 10.9. The Hall–Kier alpha value is -3.36. The number of aromatic amines is 1. The number of hydrogen-bond acceptors (Lipinski definition) is 10. The first kappa shape index (κ1) is 36.1. The number of nitrogens with one attached hydrogen (secondary N) is 3. The van der Waals surface area contributed by atoms with Crippen molar-refractivity contribution in [2.24, 2.45) is 17.6 Å². The number of nitrogens with two attached hydrogens (primary N) is 1. The maximum absolute atomic E-state index is 14.0. The maximum Gasteiger partial charge on any atom is 0.311 e. The number of aliphatic hydroxyl groups excluding tert-OH is 4. The molecule has 3 rings (SSSR count). The van der Waals surface area contributed by atoms with E-state index in [1.54, 1.807) is 0 Å². The first-order chi connectivity index (χ1) is 21.7. The molecule has 1 unspecified atom stereocenters. The lowest BCUT2D eigenvalue weighted by molar-refractivity contribution is -0.158. The van der Waals surface area contributed by atoms with Crippen molar-refractivity contribution in [1.82, 2.24) is 20.6 Å². The summed E-state index contributed by atoms with van der Waals surface area (Å²) in [7, 11) is 0. The van der Waals surface area contributed by atoms with E-state index in [1.807, 2.05) is 37.3 Å². The molecule has 0 radical (unpaired) electrons. The number of unbranched alkanes of at least 4 members (excludes halogenated alkanes) is 1. The van der Waals surface area contributed by atoms with Gasteiger partial charge in [-0.15, -0.1) is 0 Å². The fraction of sp³-hybridized carbons (Fsp3) is 0.625. The number of H-pyrrole nitrogens is 1. The normalized spacial score (nSPS) is 18.5. The molecular formula is C32H49N5O8. The number of aromatic nitrogens is 2. The largest absolute Gasteiger partial charge is 0.465 e. The predicted octanol–water partition coefficient (Wildman–Crippen LogP) is 0.107. The van der Waals surface area contributed by atoms with Gasteiger partial charge in [0.05, 0.1) is 37.5 Å². The van der Waals surface area contributed by atoms with E-state index in [-0.39, 0.29) is 25.4 Å². The molecule has 9 N–H and O–H groups in total. The van der Waals surface area contributed by atoms with E-state index in [1.165, 1.54) is 12.5 Å². The molecule has 1 fully saturated rings. The number of hydrogen-bond donors (Lipinski definition) is 8. The van der Waals surface area contributed by atoms with Gasteiger partial charge in [-0.1, -0.05) is 62.9 Å². The second-order valence-electron chi connectivity index (χ2n) is 11.8. The first-order valence-corrected chi connectivity index (χ1v) is 15.8. The van der Waals surface area contributed by atoms with Crippen LogP contribution >= 0.6 is 0 Å². The fourth-order valence-electron chi connectivity index (χ4n) is 5.80. The molecule has 0 bridgehead atoms. The molecule has 0 spiro atoms. The van der Waals surface area contributed by atoms with Crippen molar-refractivity contribution in [2.75, 3.05) is 13.2 Å². The number of benzene rings is 1. The number of carbonyl (C=O) groups is 3. The fourth-order valence-corrected chi connectivity index (χ4v) is 5.80. The Balaban J connectivity index is 1.91. The lowest BCUT2D eigenvalue weighted by Crippen LogP contribution is -2.62. The zero-order valence-corrected chi connectivity index (χ0v) is 25.9. The molecule has 0 saturated heterocycles. The van der Waals surface area contributed by atoms with Crippen molar-refractivity contribution in [3.8, 4) is 0 Å². The van der Waals surface area contributed by atoms with Gasteiger partial charge in [0.15, 0.2) is 0 Å². The van der Waals surface area contributed by atoms with E-state index >= 15 is 0 Å². The van der Waals surface area contributed by atoms with Gasteiger partial charge in [0, 0.05) is 18.3 Å². The van der Waals surface area contributed by atoms with Crippen LogP contribution in [0.3, 0.4) is 0 Å². The number of esters is 1. The van der Waals surface area contributed by atoms with Crippen molar-refractivity contribution in [2.45, 2.75) is 101 Å². The van der Waals surface area contributed by atoms with E-state index in [0.717, 1.165) is 31.2 Å². The van der Waals surface area contributed by atoms with Crippen molar-refractivity contribution in [3.05, 3.63) is 54.1 Å². The molecule has 1 aromatic carbocycles. The summed E-state index contributed by atoms with van der Waals surface area (Å²) in [5.41, 5.74) is 7.57. The monoisotopic (exact) mass is 631 g/mol. The van der Waals surface area contributed by atoms with Gasteiger partial charge in [0.2, 0.25) is 11.8 Å². The third-order valence-electron chi connectivity index (χ3n) is 8.41. The Morgan fingerprint density at radius 2 is 1.73 bits per heavy atom. The van der Waals surface area contributed by atoms with Crippen LogP contribution in [-0.2, 0) is 32.0 Å². The average Bonchev–Trinajstić information content (AvgIpc) is 3.57. The molecule has 1 aliphatic rings. The molecule has 1 aliphatic carbocycles. The molecule has 45 heavy (non-hydrogen) atoms. The highest BCUT2D eigenvalue weighted by Crippen LogP contribution is 2.34. The summed E-state index contributed by atoms with van der Waals surface area (Å²) in [6.07, 6.45) is 2.96. The molecule has 1 heterocycles. The highest BCUT2D eigenvalue weighted by atomic mass is 16.5. The molecule has 2 amide bonds. The molecule has 7 atom stereocenters. The second kappa shape index (κ2) is 18.6. The Morgan fingerprint density at radius 3 is 2.36 bits per heavy atom. The Kier molecular flexibility index (Phi) is 14.9. The number of carbonyl (C=O) groups excluding carboxylic acids is 3. The number of nitrogens with zero attached hydrogens (tertiary/aromatic N) is 1. The van der Waals surface area contributed by atoms with Gasteiger partial charge in [-0.2, -0.15) is 0 Å². The minimum Gasteiger partial charge on any atom is -0.465 e. The van der Waals surface area contributed by atoms with E-state index in [2.05, 4.69) is 20.6 Å². The highest BCUT2D eigenvalue weighted by Gasteiger charge is 2.45. The molecule has 1 aromatic heterocycles. The minimum atomic E-state index is -1.89. The zero-order valence-electron chi connectivity index (χ0n) is 25.9. The lowest BCUT2D eigenvalue weighted by atomic mass is 9.74. The maximum atomic E-state index is 14.0. The van der Waals surface area contributed by atoms with Gasteiger partial charge in [0.25, 0.3) is 0 Å². The van der Waals surface area contributed by atoms with Crippen LogP contribution in [0.4, 0.5) is 0 Å². The standard InChI is InChI=1S/C32H49N5O8/c1-2-3-14-45-32(44)26(21-12-8-5-9-13-21)27(29(41)28(40)25(39)18-38)37-31(43)24(16-22-17-34-19-35-22)36-30(42)23(33)15-20-10-6-4-7-11-20/h4,6-7,10-11,17,19,21,23-29,38-41H,2-3,5,8-9,12-16,18,33H2,1H3,(H,34,35)(H,36,42)(H,37,43)/t23-,24-,25+,26?,27-,28-,29+/m0/s1. The van der Waals surface area contributed by atoms with Crippen molar-refractivity contribution < 1.29 is 39.5 Å². The van der Waals surface area contributed by atoms with E-state index in [0.29, 0.717) is 25.0 Å². The number of amides is 2. The van der Waals surface area contributed by atoms with Crippen LogP contribution in [-0.4, -0.2) is 97.8 Å². The van der Waals surface area contributed by atoms with Crippen LogP contribution < -0.4 is 16.4 Å². The van der Waals surface area contributed by atoms with Gasteiger partial charge in [0.1, 0.15) is 24.4 Å². The predicted molar refractivity (Wildman–Crippen MR) is 165 cm³/mol. The summed E-state index contributed by atoms with van der Waals surface area (Å²) in [4.78, 5) is 47.7. The smallest absolute Gasteiger partial charge is 0.311 e. The molecule has 13 heteroatoms. The SMILES string of the molecule is CCCCOC(=O)C(C1CCCCC1)[C@H](NC(=O)[C@H](Cc1cnc[nH]1)NC(=O)[C@@H](N)Cc1ccccc1)[C@@H](O)[C@@H](O)[C@H](O)CO. The second-order valence-corrected chi connectivity index (χ2v) is 11.8.